The molecule has 0 radical (unpaired) electrons. The van der Waals surface area contributed by atoms with Gasteiger partial charge in [-0.2, -0.15) is 0 Å². The SMILES string of the molecule is CCOC(=O)c1oc2ccccc2c1C[NH2+][C@H](C)c1ccc(F)c(F)c1. The van der Waals surface area contributed by atoms with Gasteiger partial charge in [-0.1, -0.05) is 18.2 Å². The van der Waals surface area contributed by atoms with Crippen LogP contribution in [0.25, 0.3) is 11.0 Å². The van der Waals surface area contributed by atoms with Gasteiger partial charge in [-0.15, -0.1) is 0 Å². The van der Waals surface area contributed by atoms with E-state index in [1.165, 1.54) is 6.07 Å². The lowest BCUT2D eigenvalue weighted by Crippen LogP contribution is -2.83. The number of hydrogen-bond donors (Lipinski definition) is 1. The van der Waals surface area contributed by atoms with E-state index in [-0.39, 0.29) is 18.4 Å². The summed E-state index contributed by atoms with van der Waals surface area (Å²) in [6, 6.07) is 11.1. The molecule has 0 aliphatic carbocycles. The number of halogens is 2. The highest BCUT2D eigenvalue weighted by atomic mass is 19.2. The van der Waals surface area contributed by atoms with Crippen molar-refractivity contribution < 1.29 is 28.0 Å². The minimum Gasteiger partial charge on any atom is -0.460 e. The number of quaternary nitrogens is 1. The van der Waals surface area contributed by atoms with E-state index < -0.39 is 17.6 Å². The zero-order valence-electron chi connectivity index (χ0n) is 14.6. The molecule has 136 valence electrons. The fourth-order valence-corrected chi connectivity index (χ4v) is 2.89. The maximum absolute atomic E-state index is 13.5. The molecule has 0 amide bonds. The number of benzene rings is 2. The van der Waals surface area contributed by atoms with Gasteiger partial charge < -0.3 is 14.5 Å². The van der Waals surface area contributed by atoms with Gasteiger partial charge in [0.15, 0.2) is 11.6 Å². The fraction of sp³-hybridized carbons (Fsp3) is 0.250. The normalized spacial score (nSPS) is 12.3. The molecule has 0 aliphatic rings. The Morgan fingerprint density at radius 3 is 2.69 bits per heavy atom. The van der Waals surface area contributed by atoms with E-state index in [4.69, 9.17) is 9.15 Å². The summed E-state index contributed by atoms with van der Waals surface area (Å²) in [6.45, 7) is 4.31. The van der Waals surface area contributed by atoms with Crippen LogP contribution in [0.2, 0.25) is 0 Å². The van der Waals surface area contributed by atoms with Gasteiger partial charge >= 0.3 is 5.97 Å². The predicted molar refractivity (Wildman–Crippen MR) is 92.6 cm³/mol. The van der Waals surface area contributed by atoms with Crippen molar-refractivity contribution in [3.63, 3.8) is 0 Å². The minimum atomic E-state index is -0.872. The quantitative estimate of drug-likeness (QED) is 0.682. The molecule has 1 atom stereocenters. The van der Waals surface area contributed by atoms with Crippen LogP contribution in [0.15, 0.2) is 46.9 Å². The number of para-hydroxylation sites is 1. The van der Waals surface area contributed by atoms with Crippen molar-refractivity contribution in [1.82, 2.24) is 0 Å². The van der Waals surface area contributed by atoms with Crippen LogP contribution in [-0.2, 0) is 11.3 Å². The molecule has 0 spiro atoms. The summed E-state index contributed by atoms with van der Waals surface area (Å²) in [7, 11) is 0. The van der Waals surface area contributed by atoms with Crippen molar-refractivity contribution in [2.24, 2.45) is 0 Å². The standard InChI is InChI=1S/C20H19F2NO3/c1-3-25-20(24)19-15(14-6-4-5-7-18(14)26-19)11-23-12(2)13-8-9-16(21)17(22)10-13/h4-10,12,23H,3,11H2,1-2H3/p+1/t12-/m1/s1. The largest absolute Gasteiger partial charge is 0.460 e. The lowest BCUT2D eigenvalue weighted by Gasteiger charge is -2.11. The second-order valence-corrected chi connectivity index (χ2v) is 6.03. The second kappa shape index (κ2) is 7.66. The number of nitrogens with two attached hydrogens (primary N) is 1. The van der Waals surface area contributed by atoms with E-state index in [0.29, 0.717) is 17.7 Å². The summed E-state index contributed by atoms with van der Waals surface area (Å²) in [6.07, 6.45) is 0. The number of esters is 1. The molecule has 3 aromatic rings. The van der Waals surface area contributed by atoms with E-state index in [9.17, 15) is 13.6 Å². The van der Waals surface area contributed by atoms with Gasteiger partial charge in [0.2, 0.25) is 5.76 Å². The maximum Gasteiger partial charge on any atom is 0.374 e. The smallest absolute Gasteiger partial charge is 0.374 e. The Labute approximate surface area is 149 Å². The summed E-state index contributed by atoms with van der Waals surface area (Å²) >= 11 is 0. The van der Waals surface area contributed by atoms with E-state index in [2.05, 4.69) is 0 Å². The van der Waals surface area contributed by atoms with Gasteiger partial charge in [0.05, 0.1) is 12.2 Å². The molecule has 0 aliphatic heterocycles. The fourth-order valence-electron chi connectivity index (χ4n) is 2.89. The van der Waals surface area contributed by atoms with Crippen LogP contribution >= 0.6 is 0 Å². The lowest BCUT2D eigenvalue weighted by atomic mass is 10.1. The highest BCUT2D eigenvalue weighted by molar-refractivity contribution is 5.95. The molecule has 0 unspecified atom stereocenters. The molecule has 3 rings (SSSR count). The van der Waals surface area contributed by atoms with E-state index in [1.54, 1.807) is 19.1 Å². The van der Waals surface area contributed by atoms with Gasteiger partial charge in [0.1, 0.15) is 18.2 Å². The third-order valence-corrected chi connectivity index (χ3v) is 4.30. The number of fused-ring (bicyclic) bond motifs is 1. The molecule has 1 heterocycles. The zero-order chi connectivity index (χ0) is 18.7. The summed E-state index contributed by atoms with van der Waals surface area (Å²) in [5.41, 5.74) is 2.00. The first kappa shape index (κ1) is 18.1. The maximum atomic E-state index is 13.5. The van der Waals surface area contributed by atoms with Crippen LogP contribution < -0.4 is 5.32 Å². The van der Waals surface area contributed by atoms with Crippen molar-refractivity contribution in [2.45, 2.75) is 26.4 Å². The first-order valence-corrected chi connectivity index (χ1v) is 8.47. The Bertz CT molecular complexity index is 936. The Morgan fingerprint density at radius 2 is 1.96 bits per heavy atom. The molecule has 0 bridgehead atoms. The number of hydrogen-bond acceptors (Lipinski definition) is 3. The molecule has 0 fully saturated rings. The van der Waals surface area contributed by atoms with Gasteiger partial charge in [-0.05, 0) is 38.1 Å². The average molecular weight is 360 g/mol. The highest BCUT2D eigenvalue weighted by Crippen LogP contribution is 2.26. The summed E-state index contributed by atoms with van der Waals surface area (Å²) in [4.78, 5) is 12.2. The Kier molecular flexibility index (Phi) is 5.32. The molecule has 0 saturated heterocycles. The summed E-state index contributed by atoms with van der Waals surface area (Å²) < 4.78 is 37.3. The number of carbonyl (C=O) groups is 1. The zero-order valence-corrected chi connectivity index (χ0v) is 14.6. The van der Waals surface area contributed by atoms with Crippen molar-refractivity contribution >= 4 is 16.9 Å². The van der Waals surface area contributed by atoms with Gasteiger partial charge in [0, 0.05) is 10.9 Å². The number of carbonyl (C=O) groups excluding carboxylic acids is 1. The molecule has 6 heteroatoms. The molecule has 4 nitrogen and oxygen atoms in total. The number of rotatable bonds is 6. The van der Waals surface area contributed by atoms with Crippen LogP contribution in [0.4, 0.5) is 8.78 Å². The van der Waals surface area contributed by atoms with Crippen LogP contribution in [0, 0.1) is 11.6 Å². The second-order valence-electron chi connectivity index (χ2n) is 6.03. The molecule has 26 heavy (non-hydrogen) atoms. The van der Waals surface area contributed by atoms with Gasteiger partial charge in [-0.3, -0.25) is 0 Å². The Hall–Kier alpha value is -2.73. The Balaban J connectivity index is 1.86. The van der Waals surface area contributed by atoms with Crippen molar-refractivity contribution in [3.8, 4) is 0 Å². The molecular weight excluding hydrogens is 340 g/mol. The average Bonchev–Trinajstić information content (AvgIpc) is 3.01. The van der Waals surface area contributed by atoms with Gasteiger partial charge in [0.25, 0.3) is 0 Å². The molecule has 2 N–H and O–H groups in total. The van der Waals surface area contributed by atoms with Crippen LogP contribution in [0.3, 0.4) is 0 Å². The lowest BCUT2D eigenvalue weighted by molar-refractivity contribution is -0.707. The predicted octanol–water partition coefficient (Wildman–Crippen LogP) is 3.71. The molecule has 2 aromatic carbocycles. The van der Waals surface area contributed by atoms with Crippen LogP contribution in [0.5, 0.6) is 0 Å². The third-order valence-electron chi connectivity index (χ3n) is 4.30. The van der Waals surface area contributed by atoms with E-state index in [1.807, 2.05) is 30.4 Å². The number of ether oxygens (including phenoxy) is 1. The third kappa shape index (κ3) is 3.60. The summed E-state index contributed by atoms with van der Waals surface area (Å²) in [5, 5.41) is 2.77. The molecule has 0 saturated carbocycles. The topological polar surface area (TPSA) is 56.0 Å². The van der Waals surface area contributed by atoms with Crippen molar-refractivity contribution in [3.05, 3.63) is 71.0 Å². The van der Waals surface area contributed by atoms with Crippen LogP contribution in [-0.4, -0.2) is 12.6 Å². The van der Waals surface area contributed by atoms with Crippen LogP contribution in [0.1, 0.15) is 41.6 Å². The first-order chi connectivity index (χ1) is 12.5. The molecular formula is C20H20F2NO3+. The van der Waals surface area contributed by atoms with E-state index >= 15 is 0 Å². The van der Waals surface area contributed by atoms with Gasteiger partial charge in [-0.25, -0.2) is 13.6 Å². The monoisotopic (exact) mass is 360 g/mol. The van der Waals surface area contributed by atoms with Crippen molar-refractivity contribution in [1.29, 1.82) is 0 Å². The minimum absolute atomic E-state index is 0.131. The Morgan fingerprint density at radius 1 is 1.19 bits per heavy atom. The first-order valence-electron chi connectivity index (χ1n) is 8.47. The van der Waals surface area contributed by atoms with E-state index in [0.717, 1.165) is 17.0 Å². The highest BCUT2D eigenvalue weighted by Gasteiger charge is 2.23. The molecule has 1 aromatic heterocycles. The van der Waals surface area contributed by atoms with Crippen molar-refractivity contribution in [2.75, 3.05) is 6.61 Å². The summed E-state index contributed by atoms with van der Waals surface area (Å²) in [5.74, 6) is -2.07. The number of furan rings is 1.